The Kier molecular flexibility index (Phi) is 1.51. The average molecular weight is 185 g/mol. The summed E-state index contributed by atoms with van der Waals surface area (Å²) in [5.74, 6) is 0.263. The molecular formula is C12H11NO. The molecule has 2 heterocycles. The van der Waals surface area contributed by atoms with Gasteiger partial charge in [-0.1, -0.05) is 30.3 Å². The third-order valence-corrected chi connectivity index (χ3v) is 2.91. The van der Waals surface area contributed by atoms with E-state index in [0.29, 0.717) is 6.42 Å². The van der Waals surface area contributed by atoms with E-state index in [4.69, 9.17) is 0 Å². The van der Waals surface area contributed by atoms with Crippen LogP contribution in [0.25, 0.3) is 5.70 Å². The van der Waals surface area contributed by atoms with E-state index in [9.17, 15) is 4.79 Å². The Morgan fingerprint density at radius 1 is 1.21 bits per heavy atom. The van der Waals surface area contributed by atoms with Crippen LogP contribution in [0.1, 0.15) is 24.0 Å². The number of hydrogen-bond donors (Lipinski definition) is 0. The molecule has 0 bridgehead atoms. The summed E-state index contributed by atoms with van der Waals surface area (Å²) in [6, 6.07) is 8.26. The van der Waals surface area contributed by atoms with Gasteiger partial charge in [0.15, 0.2) is 0 Å². The third kappa shape index (κ3) is 0.939. The van der Waals surface area contributed by atoms with Gasteiger partial charge in [-0.15, -0.1) is 0 Å². The standard InChI is InChI=1S/C12H11NO/c14-12-7-3-6-11-10-5-2-1-4-9(10)8-13(11)12/h1-2,4-6H,3,7-8H2. The first kappa shape index (κ1) is 7.80. The molecule has 0 spiro atoms. The van der Waals surface area contributed by atoms with Crippen LogP contribution in [0.2, 0.25) is 0 Å². The summed E-state index contributed by atoms with van der Waals surface area (Å²) in [7, 11) is 0. The molecule has 0 saturated carbocycles. The summed E-state index contributed by atoms with van der Waals surface area (Å²) in [6.45, 7) is 0.765. The zero-order valence-corrected chi connectivity index (χ0v) is 7.86. The Labute approximate surface area is 82.8 Å². The highest BCUT2D eigenvalue weighted by atomic mass is 16.2. The van der Waals surface area contributed by atoms with Crippen molar-refractivity contribution in [2.75, 3.05) is 0 Å². The van der Waals surface area contributed by atoms with Crippen molar-refractivity contribution in [3.63, 3.8) is 0 Å². The van der Waals surface area contributed by atoms with E-state index in [-0.39, 0.29) is 5.91 Å². The van der Waals surface area contributed by atoms with Crippen LogP contribution >= 0.6 is 0 Å². The summed E-state index contributed by atoms with van der Waals surface area (Å²) in [5, 5.41) is 0. The molecule has 1 amide bonds. The summed E-state index contributed by atoms with van der Waals surface area (Å²) in [5.41, 5.74) is 3.63. The second-order valence-corrected chi connectivity index (χ2v) is 3.77. The fourth-order valence-corrected chi connectivity index (χ4v) is 2.22. The van der Waals surface area contributed by atoms with Crippen molar-refractivity contribution in [3.8, 4) is 0 Å². The highest BCUT2D eigenvalue weighted by Crippen LogP contribution is 2.35. The first-order valence-corrected chi connectivity index (χ1v) is 4.95. The van der Waals surface area contributed by atoms with Crippen LogP contribution in [-0.2, 0) is 11.3 Å². The monoisotopic (exact) mass is 185 g/mol. The molecule has 3 rings (SSSR count). The number of rotatable bonds is 0. The van der Waals surface area contributed by atoms with Crippen LogP contribution in [0.15, 0.2) is 30.3 Å². The van der Waals surface area contributed by atoms with E-state index >= 15 is 0 Å². The first-order valence-electron chi connectivity index (χ1n) is 4.95. The molecule has 14 heavy (non-hydrogen) atoms. The van der Waals surface area contributed by atoms with Gasteiger partial charge in [0.1, 0.15) is 0 Å². The first-order chi connectivity index (χ1) is 6.86. The Morgan fingerprint density at radius 3 is 3.00 bits per heavy atom. The Morgan fingerprint density at radius 2 is 2.07 bits per heavy atom. The van der Waals surface area contributed by atoms with E-state index in [1.807, 2.05) is 17.0 Å². The van der Waals surface area contributed by atoms with Gasteiger partial charge >= 0.3 is 0 Å². The molecule has 2 heteroatoms. The van der Waals surface area contributed by atoms with Crippen LogP contribution in [0.3, 0.4) is 0 Å². The van der Waals surface area contributed by atoms with E-state index in [1.165, 1.54) is 11.1 Å². The predicted octanol–water partition coefficient (Wildman–Crippen LogP) is 2.16. The minimum Gasteiger partial charge on any atom is -0.308 e. The van der Waals surface area contributed by atoms with Gasteiger partial charge in [0.25, 0.3) is 0 Å². The molecule has 0 aliphatic carbocycles. The Balaban J connectivity index is 2.15. The maximum atomic E-state index is 11.6. The number of carbonyl (C=O) groups is 1. The van der Waals surface area contributed by atoms with Crippen molar-refractivity contribution in [1.29, 1.82) is 0 Å². The highest BCUT2D eigenvalue weighted by molar-refractivity contribution is 5.91. The summed E-state index contributed by atoms with van der Waals surface area (Å²) in [4.78, 5) is 13.5. The molecular weight excluding hydrogens is 174 g/mol. The minimum atomic E-state index is 0.263. The molecule has 1 aromatic rings. The second-order valence-electron chi connectivity index (χ2n) is 3.77. The van der Waals surface area contributed by atoms with Gasteiger partial charge in [-0.3, -0.25) is 4.79 Å². The van der Waals surface area contributed by atoms with Crippen LogP contribution in [0.5, 0.6) is 0 Å². The van der Waals surface area contributed by atoms with Gasteiger partial charge in [0.05, 0.1) is 6.54 Å². The minimum absolute atomic E-state index is 0.263. The molecule has 2 aliphatic heterocycles. The van der Waals surface area contributed by atoms with Crippen molar-refractivity contribution < 1.29 is 4.79 Å². The van der Waals surface area contributed by atoms with E-state index < -0.39 is 0 Å². The van der Waals surface area contributed by atoms with Crippen LogP contribution in [0, 0.1) is 0 Å². The van der Waals surface area contributed by atoms with Crippen LogP contribution in [0.4, 0.5) is 0 Å². The van der Waals surface area contributed by atoms with Gasteiger partial charge < -0.3 is 4.90 Å². The molecule has 0 atom stereocenters. The summed E-state index contributed by atoms with van der Waals surface area (Å²) < 4.78 is 0. The largest absolute Gasteiger partial charge is 0.308 e. The lowest BCUT2D eigenvalue weighted by Crippen LogP contribution is -2.26. The number of hydrogen-bond acceptors (Lipinski definition) is 1. The van der Waals surface area contributed by atoms with Gasteiger partial charge in [-0.05, 0) is 12.0 Å². The molecule has 2 nitrogen and oxygen atoms in total. The molecule has 0 fully saturated rings. The molecule has 1 aromatic carbocycles. The van der Waals surface area contributed by atoms with Crippen molar-refractivity contribution >= 4 is 11.6 Å². The van der Waals surface area contributed by atoms with Crippen molar-refractivity contribution in [2.45, 2.75) is 19.4 Å². The van der Waals surface area contributed by atoms with Crippen molar-refractivity contribution in [3.05, 3.63) is 41.5 Å². The number of amides is 1. The number of nitrogens with zero attached hydrogens (tertiary/aromatic N) is 1. The lowest BCUT2D eigenvalue weighted by Gasteiger charge is -2.21. The highest BCUT2D eigenvalue weighted by Gasteiger charge is 2.29. The number of benzene rings is 1. The normalized spacial score (nSPS) is 19.0. The Bertz CT molecular complexity index is 434. The molecule has 0 radical (unpaired) electrons. The smallest absolute Gasteiger partial charge is 0.227 e. The summed E-state index contributed by atoms with van der Waals surface area (Å²) in [6.07, 6.45) is 3.73. The number of fused-ring (bicyclic) bond motifs is 3. The SMILES string of the molecule is O=C1CCC=C2c3ccccc3CN12. The van der Waals surface area contributed by atoms with E-state index in [0.717, 1.165) is 18.7 Å². The zero-order chi connectivity index (χ0) is 9.54. The topological polar surface area (TPSA) is 20.3 Å². The number of carbonyl (C=O) groups excluding carboxylic acids is 1. The molecule has 0 unspecified atom stereocenters. The Hall–Kier alpha value is -1.57. The molecule has 0 saturated heterocycles. The summed E-state index contributed by atoms with van der Waals surface area (Å²) >= 11 is 0. The van der Waals surface area contributed by atoms with E-state index in [2.05, 4.69) is 18.2 Å². The lowest BCUT2D eigenvalue weighted by molar-refractivity contribution is -0.128. The van der Waals surface area contributed by atoms with Crippen LogP contribution in [-0.4, -0.2) is 10.8 Å². The van der Waals surface area contributed by atoms with Gasteiger partial charge in [0.2, 0.25) is 5.91 Å². The van der Waals surface area contributed by atoms with Crippen molar-refractivity contribution in [1.82, 2.24) is 4.90 Å². The molecule has 2 aliphatic rings. The fraction of sp³-hybridized carbons (Fsp3) is 0.250. The van der Waals surface area contributed by atoms with Gasteiger partial charge in [0, 0.05) is 17.7 Å². The molecule has 0 N–H and O–H groups in total. The average Bonchev–Trinajstić information content (AvgIpc) is 2.59. The third-order valence-electron chi connectivity index (χ3n) is 2.91. The predicted molar refractivity (Wildman–Crippen MR) is 54.2 cm³/mol. The maximum absolute atomic E-state index is 11.6. The van der Waals surface area contributed by atoms with E-state index in [1.54, 1.807) is 0 Å². The quantitative estimate of drug-likeness (QED) is 0.606. The molecule has 70 valence electrons. The van der Waals surface area contributed by atoms with Crippen molar-refractivity contribution in [2.24, 2.45) is 0 Å². The lowest BCUT2D eigenvalue weighted by atomic mass is 10.1. The van der Waals surface area contributed by atoms with Gasteiger partial charge in [-0.2, -0.15) is 0 Å². The zero-order valence-electron chi connectivity index (χ0n) is 7.86. The molecule has 0 aromatic heterocycles. The number of allylic oxidation sites excluding steroid dienone is 1. The van der Waals surface area contributed by atoms with Crippen LogP contribution < -0.4 is 0 Å². The fourth-order valence-electron chi connectivity index (χ4n) is 2.22. The second kappa shape index (κ2) is 2.71. The van der Waals surface area contributed by atoms with Gasteiger partial charge in [-0.25, -0.2) is 0 Å². The maximum Gasteiger partial charge on any atom is 0.227 e.